The average molecular weight is 418 g/mol. The minimum atomic E-state index is 0.278. The molecule has 0 bridgehead atoms. The second kappa shape index (κ2) is 9.42. The molecular weight excluding hydrogens is 366 g/mol. The second-order valence-electron chi connectivity index (χ2n) is 12.7. The third-order valence-electron chi connectivity index (χ3n) is 10.9. The fraction of sp³-hybridized carbons (Fsp3) is 1.00. The zero-order valence-corrected chi connectivity index (χ0v) is 20.8. The molecular formula is C28H51NO. The lowest BCUT2D eigenvalue weighted by Crippen LogP contribution is -2.53. The fourth-order valence-electron chi connectivity index (χ4n) is 9.36. The molecule has 7 unspecified atom stereocenters. The van der Waals surface area contributed by atoms with Crippen molar-refractivity contribution in [2.24, 2.45) is 46.3 Å². The highest BCUT2D eigenvalue weighted by molar-refractivity contribution is 5.09. The molecule has 0 saturated heterocycles. The summed E-state index contributed by atoms with van der Waals surface area (Å²) < 4.78 is 0. The first-order valence-corrected chi connectivity index (χ1v) is 13.7. The minimum absolute atomic E-state index is 0.278. The van der Waals surface area contributed by atoms with Crippen LogP contribution in [0.2, 0.25) is 0 Å². The first-order chi connectivity index (χ1) is 14.4. The molecule has 0 aromatic heterocycles. The first kappa shape index (κ1) is 23.1. The molecule has 4 aliphatic carbocycles. The topological polar surface area (TPSA) is 21.3 Å². The lowest BCUT2D eigenvalue weighted by atomic mass is 9.44. The largest absolute Gasteiger partial charge is 0.299 e. The van der Waals surface area contributed by atoms with Gasteiger partial charge in [0.15, 0.2) is 0 Å². The molecule has 8 atom stereocenters. The van der Waals surface area contributed by atoms with Gasteiger partial charge in [0, 0.05) is 6.54 Å². The minimum Gasteiger partial charge on any atom is -0.299 e. The number of rotatable bonds is 8. The molecule has 0 aliphatic heterocycles. The molecule has 0 aromatic carbocycles. The van der Waals surface area contributed by atoms with Crippen molar-refractivity contribution < 1.29 is 4.84 Å². The molecule has 0 radical (unpaired) electrons. The predicted octanol–water partition coefficient (Wildman–Crippen LogP) is 7.77. The van der Waals surface area contributed by atoms with Crippen LogP contribution in [-0.2, 0) is 4.84 Å². The van der Waals surface area contributed by atoms with Gasteiger partial charge in [-0.2, -0.15) is 0 Å². The number of unbranched alkanes of at least 4 members (excludes halogenated alkanes) is 1. The van der Waals surface area contributed by atoms with Crippen molar-refractivity contribution in [2.45, 2.75) is 124 Å². The monoisotopic (exact) mass is 417 g/mol. The van der Waals surface area contributed by atoms with Gasteiger partial charge in [0.2, 0.25) is 0 Å². The zero-order chi connectivity index (χ0) is 21.4. The van der Waals surface area contributed by atoms with E-state index < -0.39 is 0 Å². The van der Waals surface area contributed by atoms with Crippen molar-refractivity contribution >= 4 is 0 Å². The van der Waals surface area contributed by atoms with Crippen LogP contribution in [0.4, 0.5) is 0 Å². The lowest BCUT2D eigenvalue weighted by molar-refractivity contribution is -0.114. The Kier molecular flexibility index (Phi) is 7.25. The van der Waals surface area contributed by atoms with Crippen LogP contribution in [0.1, 0.15) is 118 Å². The Labute approximate surface area is 187 Å². The number of hydroxylamine groups is 1. The van der Waals surface area contributed by atoms with E-state index >= 15 is 0 Å². The summed E-state index contributed by atoms with van der Waals surface area (Å²) in [6, 6.07) is 0. The standard InChI is InChI=1S/C28H51NO/c1-20(2)30-29-19-9-7-10-21(3)24-14-15-25-23-13-12-22-11-6-8-17-27(22,4)26(23)16-18-28(24,25)5/h20-26,29H,6-19H2,1-5H3/t21-,22?,23?,24?,25?,26?,27?,28?/m1/s1. The Morgan fingerprint density at radius 1 is 0.833 bits per heavy atom. The lowest BCUT2D eigenvalue weighted by Gasteiger charge is -2.61. The summed E-state index contributed by atoms with van der Waals surface area (Å²) in [6.45, 7) is 13.2. The third-order valence-corrected chi connectivity index (χ3v) is 10.9. The third kappa shape index (κ3) is 4.26. The zero-order valence-electron chi connectivity index (χ0n) is 20.8. The summed E-state index contributed by atoms with van der Waals surface area (Å²) in [4.78, 5) is 5.48. The van der Waals surface area contributed by atoms with Gasteiger partial charge in [0.05, 0.1) is 6.10 Å². The van der Waals surface area contributed by atoms with E-state index in [1.165, 1.54) is 57.8 Å². The summed E-state index contributed by atoms with van der Waals surface area (Å²) in [7, 11) is 0. The molecule has 4 fully saturated rings. The Hall–Kier alpha value is -0.0800. The normalized spacial score (nSPS) is 44.4. The smallest absolute Gasteiger partial charge is 0.0734 e. The van der Waals surface area contributed by atoms with E-state index in [-0.39, 0.29) is 6.10 Å². The van der Waals surface area contributed by atoms with E-state index in [4.69, 9.17) is 4.84 Å². The number of fused-ring (bicyclic) bond motifs is 5. The Morgan fingerprint density at radius 2 is 1.63 bits per heavy atom. The highest BCUT2D eigenvalue weighted by atomic mass is 16.7. The number of hydrogen-bond donors (Lipinski definition) is 1. The highest BCUT2D eigenvalue weighted by Crippen LogP contribution is 2.68. The van der Waals surface area contributed by atoms with E-state index in [2.05, 4.69) is 40.1 Å². The molecule has 30 heavy (non-hydrogen) atoms. The van der Waals surface area contributed by atoms with E-state index in [0.29, 0.717) is 10.8 Å². The van der Waals surface area contributed by atoms with Crippen molar-refractivity contribution in [1.29, 1.82) is 0 Å². The quantitative estimate of drug-likeness (QED) is 0.322. The summed E-state index contributed by atoms with van der Waals surface area (Å²) in [6.07, 6.45) is 19.6. The summed E-state index contributed by atoms with van der Waals surface area (Å²) in [5, 5.41) is 0. The Balaban J connectivity index is 1.33. The van der Waals surface area contributed by atoms with Crippen molar-refractivity contribution in [3.63, 3.8) is 0 Å². The predicted molar refractivity (Wildman–Crippen MR) is 127 cm³/mol. The van der Waals surface area contributed by atoms with Crippen LogP contribution in [-0.4, -0.2) is 12.6 Å². The van der Waals surface area contributed by atoms with E-state index in [1.54, 1.807) is 25.7 Å². The van der Waals surface area contributed by atoms with E-state index in [9.17, 15) is 0 Å². The Morgan fingerprint density at radius 3 is 2.43 bits per heavy atom. The van der Waals surface area contributed by atoms with Gasteiger partial charge < -0.3 is 0 Å². The molecule has 4 rings (SSSR count). The van der Waals surface area contributed by atoms with Crippen LogP contribution in [0.5, 0.6) is 0 Å². The fourth-order valence-corrected chi connectivity index (χ4v) is 9.36. The van der Waals surface area contributed by atoms with Gasteiger partial charge in [-0.25, -0.2) is 5.48 Å². The van der Waals surface area contributed by atoms with E-state index in [0.717, 1.165) is 42.1 Å². The summed E-state index contributed by atoms with van der Waals surface area (Å²) in [5.74, 6) is 6.06. The van der Waals surface area contributed by atoms with Crippen LogP contribution in [0, 0.1) is 46.3 Å². The van der Waals surface area contributed by atoms with Gasteiger partial charge in [0.1, 0.15) is 0 Å². The molecule has 0 heterocycles. The molecule has 1 N–H and O–H groups in total. The van der Waals surface area contributed by atoms with Gasteiger partial charge in [-0.15, -0.1) is 0 Å². The van der Waals surface area contributed by atoms with Crippen molar-refractivity contribution in [1.82, 2.24) is 5.48 Å². The van der Waals surface area contributed by atoms with Gasteiger partial charge in [0.25, 0.3) is 0 Å². The van der Waals surface area contributed by atoms with Crippen LogP contribution >= 0.6 is 0 Å². The molecule has 0 spiro atoms. The van der Waals surface area contributed by atoms with Crippen molar-refractivity contribution in [3.05, 3.63) is 0 Å². The first-order valence-electron chi connectivity index (χ1n) is 13.7. The van der Waals surface area contributed by atoms with Crippen LogP contribution in [0.3, 0.4) is 0 Å². The molecule has 4 aliphatic rings. The molecule has 174 valence electrons. The van der Waals surface area contributed by atoms with E-state index in [1.807, 2.05) is 0 Å². The van der Waals surface area contributed by atoms with Gasteiger partial charge in [-0.05, 0) is 118 Å². The average Bonchev–Trinajstić information content (AvgIpc) is 3.07. The SMILES string of the molecule is CC(C)ONCCCC[C@@H](C)C1CCC2C3CCC4CCCCC4(C)C3CCC21C. The number of hydrogen-bond acceptors (Lipinski definition) is 2. The van der Waals surface area contributed by atoms with Crippen molar-refractivity contribution in [3.8, 4) is 0 Å². The molecule has 0 amide bonds. The number of nitrogens with one attached hydrogen (secondary N) is 1. The van der Waals surface area contributed by atoms with Gasteiger partial charge in [-0.1, -0.05) is 46.5 Å². The second-order valence-corrected chi connectivity index (χ2v) is 12.7. The maximum absolute atomic E-state index is 5.48. The van der Waals surface area contributed by atoms with Crippen LogP contribution in [0.15, 0.2) is 0 Å². The molecule has 0 aromatic rings. The maximum Gasteiger partial charge on any atom is 0.0734 e. The molecule has 4 saturated carbocycles. The summed E-state index contributed by atoms with van der Waals surface area (Å²) in [5.41, 5.74) is 4.47. The highest BCUT2D eigenvalue weighted by Gasteiger charge is 2.59. The van der Waals surface area contributed by atoms with Gasteiger partial charge in [-0.3, -0.25) is 4.84 Å². The van der Waals surface area contributed by atoms with Crippen LogP contribution in [0.25, 0.3) is 0 Å². The Bertz CT molecular complexity index is 561. The summed E-state index contributed by atoms with van der Waals surface area (Å²) >= 11 is 0. The van der Waals surface area contributed by atoms with Crippen molar-refractivity contribution in [2.75, 3.05) is 6.54 Å². The molecule has 2 heteroatoms. The van der Waals surface area contributed by atoms with Gasteiger partial charge >= 0.3 is 0 Å². The maximum atomic E-state index is 5.48. The molecule has 2 nitrogen and oxygen atoms in total. The van der Waals surface area contributed by atoms with Crippen LogP contribution < -0.4 is 5.48 Å².